The fourth-order valence-corrected chi connectivity index (χ4v) is 4.82. The van der Waals surface area contributed by atoms with Gasteiger partial charge in [-0.15, -0.1) is 0 Å². The highest BCUT2D eigenvalue weighted by Crippen LogP contribution is 2.28. The third-order valence-corrected chi connectivity index (χ3v) is 7.16. The van der Waals surface area contributed by atoms with Gasteiger partial charge in [0.15, 0.2) is 12.6 Å². The highest BCUT2D eigenvalue weighted by atomic mass is 16.8. The molecule has 0 radical (unpaired) electrons. The Labute approximate surface area is 214 Å². The molecule has 2 rings (SSSR count). The largest absolute Gasteiger partial charge is 0.394 e. The van der Waals surface area contributed by atoms with E-state index in [0.29, 0.717) is 6.54 Å². The zero-order valence-corrected chi connectivity index (χ0v) is 21.5. The van der Waals surface area contributed by atoms with Crippen molar-refractivity contribution in [3.8, 4) is 0 Å². The number of aliphatic hydroxyl groups excluding tert-OH is 7. The molecule has 2 heterocycles. The van der Waals surface area contributed by atoms with Crippen LogP contribution in [0.3, 0.4) is 0 Å². The van der Waals surface area contributed by atoms with Crippen molar-refractivity contribution in [1.29, 1.82) is 0 Å². The molecule has 4 unspecified atom stereocenters. The van der Waals surface area contributed by atoms with Gasteiger partial charge in [-0.2, -0.15) is 0 Å². The number of rotatable bonds is 17. The van der Waals surface area contributed by atoms with Crippen molar-refractivity contribution in [3.63, 3.8) is 0 Å². The lowest BCUT2D eigenvalue weighted by atomic mass is 9.95. The Kier molecular flexibility index (Phi) is 15.2. The van der Waals surface area contributed by atoms with Crippen LogP contribution in [0.15, 0.2) is 0 Å². The van der Waals surface area contributed by atoms with Crippen molar-refractivity contribution in [2.45, 2.75) is 139 Å². The summed E-state index contributed by atoms with van der Waals surface area (Å²) in [6.45, 7) is 1.73. The summed E-state index contributed by atoms with van der Waals surface area (Å²) in [7, 11) is 0. The van der Waals surface area contributed by atoms with E-state index in [-0.39, 0.29) is 0 Å². The lowest BCUT2D eigenvalue weighted by Gasteiger charge is -2.45. The second-order valence-electron chi connectivity index (χ2n) is 10.1. The standard InChI is InChI=1S/C25H49NO10/c1-2-3-4-5-6-7-8-9-10-11-12-13-26-18-16(14-27)34-24(22(32)20(18)30)36-25-23(33)21(31)19(29)17(15-28)35-25/h16-33H,2-15H2,1H3/t16?,17-,18-,19-,20+,21?,22?,23?,24-,25-/m1/s1. The molecular weight excluding hydrogens is 474 g/mol. The molecule has 0 aliphatic carbocycles. The van der Waals surface area contributed by atoms with Gasteiger partial charge < -0.3 is 55.3 Å². The Morgan fingerprint density at radius 3 is 1.58 bits per heavy atom. The first-order valence-corrected chi connectivity index (χ1v) is 13.7. The van der Waals surface area contributed by atoms with E-state index < -0.39 is 74.6 Å². The van der Waals surface area contributed by atoms with E-state index in [1.807, 2.05) is 0 Å². The fraction of sp³-hybridized carbons (Fsp3) is 1.00. The van der Waals surface area contributed by atoms with Gasteiger partial charge in [-0.25, -0.2) is 0 Å². The molecule has 2 saturated heterocycles. The molecule has 2 aliphatic rings. The lowest BCUT2D eigenvalue weighted by molar-refractivity contribution is -0.370. The summed E-state index contributed by atoms with van der Waals surface area (Å²) in [5.74, 6) is 0. The number of unbranched alkanes of at least 4 members (excludes halogenated alkanes) is 10. The first-order valence-electron chi connectivity index (χ1n) is 13.7. The van der Waals surface area contributed by atoms with E-state index in [2.05, 4.69) is 12.2 Å². The maximum atomic E-state index is 10.7. The Balaban J connectivity index is 1.71. The van der Waals surface area contributed by atoms with Crippen LogP contribution >= 0.6 is 0 Å². The number of hydrogen-bond acceptors (Lipinski definition) is 11. The normalized spacial score (nSPS) is 37.3. The third-order valence-electron chi connectivity index (χ3n) is 7.16. The van der Waals surface area contributed by atoms with Gasteiger partial charge in [-0.1, -0.05) is 71.1 Å². The van der Waals surface area contributed by atoms with E-state index in [0.717, 1.165) is 19.3 Å². The van der Waals surface area contributed by atoms with Crippen molar-refractivity contribution in [2.24, 2.45) is 0 Å². The molecule has 36 heavy (non-hydrogen) atoms. The summed E-state index contributed by atoms with van der Waals surface area (Å²) in [6, 6.07) is -0.734. The fourth-order valence-electron chi connectivity index (χ4n) is 4.82. The maximum Gasteiger partial charge on any atom is 0.189 e. The molecule has 0 aromatic rings. The topological polar surface area (TPSA) is 181 Å². The van der Waals surface area contributed by atoms with Crippen LogP contribution in [0.25, 0.3) is 0 Å². The van der Waals surface area contributed by atoms with Crippen LogP contribution in [0, 0.1) is 0 Å². The van der Waals surface area contributed by atoms with Crippen molar-refractivity contribution < 1.29 is 50.0 Å². The highest BCUT2D eigenvalue weighted by molar-refractivity contribution is 4.95. The number of ether oxygens (including phenoxy) is 3. The van der Waals surface area contributed by atoms with E-state index >= 15 is 0 Å². The second-order valence-corrected chi connectivity index (χ2v) is 10.1. The van der Waals surface area contributed by atoms with Crippen LogP contribution in [0.5, 0.6) is 0 Å². The Hall–Kier alpha value is -0.440. The monoisotopic (exact) mass is 523 g/mol. The average Bonchev–Trinajstić information content (AvgIpc) is 2.88. The average molecular weight is 524 g/mol. The molecule has 0 bridgehead atoms. The minimum absolute atomic E-state index is 0.450. The number of hydrogen-bond donors (Lipinski definition) is 8. The summed E-state index contributed by atoms with van der Waals surface area (Å²) in [4.78, 5) is 0. The van der Waals surface area contributed by atoms with Crippen molar-refractivity contribution in [1.82, 2.24) is 5.32 Å². The van der Waals surface area contributed by atoms with Gasteiger partial charge in [0, 0.05) is 0 Å². The predicted molar refractivity (Wildman–Crippen MR) is 131 cm³/mol. The molecule has 214 valence electrons. The Bertz CT molecular complexity index is 569. The molecule has 11 heteroatoms. The van der Waals surface area contributed by atoms with Crippen LogP contribution in [-0.4, -0.2) is 117 Å². The molecular formula is C25H49NO10. The minimum Gasteiger partial charge on any atom is -0.394 e. The van der Waals surface area contributed by atoms with Crippen LogP contribution in [-0.2, 0) is 14.2 Å². The summed E-state index contributed by atoms with van der Waals surface area (Å²) in [5, 5.41) is 73.4. The molecule has 10 atom stereocenters. The zero-order valence-electron chi connectivity index (χ0n) is 21.5. The van der Waals surface area contributed by atoms with Gasteiger partial charge in [0.25, 0.3) is 0 Å². The summed E-state index contributed by atoms with van der Waals surface area (Å²) in [6.07, 6.45) is 0.548. The van der Waals surface area contributed by atoms with Crippen LogP contribution < -0.4 is 5.32 Å². The Morgan fingerprint density at radius 2 is 1.06 bits per heavy atom. The van der Waals surface area contributed by atoms with E-state index in [9.17, 15) is 35.7 Å². The maximum absolute atomic E-state index is 10.7. The lowest BCUT2D eigenvalue weighted by Crippen LogP contribution is -2.66. The van der Waals surface area contributed by atoms with Gasteiger partial charge in [-0.05, 0) is 13.0 Å². The number of aliphatic hydroxyl groups is 7. The van der Waals surface area contributed by atoms with Gasteiger partial charge in [0.1, 0.15) is 42.7 Å². The molecule has 11 nitrogen and oxygen atoms in total. The molecule has 0 saturated carbocycles. The quantitative estimate of drug-likeness (QED) is 0.115. The van der Waals surface area contributed by atoms with E-state index in [1.165, 1.54) is 51.4 Å². The van der Waals surface area contributed by atoms with Gasteiger partial charge >= 0.3 is 0 Å². The smallest absolute Gasteiger partial charge is 0.189 e. The second kappa shape index (κ2) is 17.2. The molecule has 0 amide bonds. The molecule has 8 N–H and O–H groups in total. The van der Waals surface area contributed by atoms with Gasteiger partial charge in [0.2, 0.25) is 0 Å². The molecule has 0 spiro atoms. The van der Waals surface area contributed by atoms with Crippen LogP contribution in [0.4, 0.5) is 0 Å². The SMILES string of the molecule is CCCCCCCCCCCCCN[C@@H]1C(CO)O[C@H](O[C@H]2O[C@H](CO)[C@@H](O)C(O)C2O)C(O)[C@H]1O. The first kappa shape index (κ1) is 31.8. The van der Waals surface area contributed by atoms with Crippen molar-refractivity contribution >= 4 is 0 Å². The molecule has 0 aromatic heterocycles. The molecule has 0 aromatic carbocycles. The Morgan fingerprint density at radius 1 is 0.583 bits per heavy atom. The summed E-state index contributed by atoms with van der Waals surface area (Å²) in [5.41, 5.74) is 0. The van der Waals surface area contributed by atoms with Crippen molar-refractivity contribution in [3.05, 3.63) is 0 Å². The first-order chi connectivity index (χ1) is 17.3. The molecule has 2 aliphatic heterocycles. The summed E-state index contributed by atoms with van der Waals surface area (Å²) < 4.78 is 16.4. The van der Waals surface area contributed by atoms with Gasteiger partial charge in [-0.3, -0.25) is 0 Å². The highest BCUT2D eigenvalue weighted by Gasteiger charge is 2.49. The van der Waals surface area contributed by atoms with Gasteiger partial charge in [0.05, 0.1) is 19.3 Å². The van der Waals surface area contributed by atoms with Crippen LogP contribution in [0.2, 0.25) is 0 Å². The number of nitrogens with one attached hydrogen (secondary N) is 1. The third kappa shape index (κ3) is 9.39. The van der Waals surface area contributed by atoms with Crippen LogP contribution in [0.1, 0.15) is 77.6 Å². The zero-order chi connectivity index (χ0) is 26.5. The van der Waals surface area contributed by atoms with Crippen molar-refractivity contribution in [2.75, 3.05) is 19.8 Å². The van der Waals surface area contributed by atoms with E-state index in [4.69, 9.17) is 14.2 Å². The molecule has 2 fully saturated rings. The predicted octanol–water partition coefficient (Wildman–Crippen LogP) is -0.489. The minimum atomic E-state index is -1.68. The van der Waals surface area contributed by atoms with E-state index in [1.54, 1.807) is 0 Å². The summed E-state index contributed by atoms with van der Waals surface area (Å²) >= 11 is 0.